The van der Waals surface area contributed by atoms with Crippen molar-refractivity contribution in [1.82, 2.24) is 15.0 Å². The smallest absolute Gasteiger partial charge is 0.311 e. The van der Waals surface area contributed by atoms with Crippen LogP contribution in [0.2, 0.25) is 0 Å². The van der Waals surface area contributed by atoms with Crippen LogP contribution in [0.5, 0.6) is 5.75 Å². The van der Waals surface area contributed by atoms with Gasteiger partial charge >= 0.3 is 5.69 Å². The third-order valence-electron chi connectivity index (χ3n) is 3.86. The summed E-state index contributed by atoms with van der Waals surface area (Å²) >= 11 is 0. The molecule has 130 valence electrons. The summed E-state index contributed by atoms with van der Waals surface area (Å²) in [7, 11) is 3.32. The Balaban J connectivity index is 2.14. The maximum Gasteiger partial charge on any atom is 0.311 e. The minimum atomic E-state index is -0.446. The molecule has 2 aromatic rings. The second-order valence-corrected chi connectivity index (χ2v) is 6.00. The fourth-order valence-corrected chi connectivity index (χ4v) is 2.24. The molecule has 0 N–H and O–H groups in total. The number of hydrogen-bond donors (Lipinski definition) is 0. The second kappa shape index (κ2) is 7.39. The lowest BCUT2D eigenvalue weighted by atomic mass is 10.1. The fraction of sp³-hybridized carbons (Fsp3) is 0.500. The van der Waals surface area contributed by atoms with Gasteiger partial charge in [0.15, 0.2) is 11.6 Å². The summed E-state index contributed by atoms with van der Waals surface area (Å²) in [5.41, 5.74) is 0.761. The van der Waals surface area contributed by atoms with Crippen LogP contribution in [0.15, 0.2) is 22.7 Å². The average molecular weight is 334 g/mol. The number of methoxy groups -OCH3 is 1. The Hall–Kier alpha value is -2.48. The normalized spacial score (nSPS) is 12.6. The van der Waals surface area contributed by atoms with E-state index in [2.05, 4.69) is 10.1 Å². The summed E-state index contributed by atoms with van der Waals surface area (Å²) in [4.78, 5) is 17.1. The van der Waals surface area contributed by atoms with Gasteiger partial charge in [-0.15, -0.1) is 0 Å². The zero-order chi connectivity index (χ0) is 17.9. The highest BCUT2D eigenvalue weighted by Crippen LogP contribution is 2.29. The van der Waals surface area contributed by atoms with Gasteiger partial charge in [0.25, 0.3) is 0 Å². The Morgan fingerprint density at radius 3 is 2.62 bits per heavy atom. The van der Waals surface area contributed by atoms with Gasteiger partial charge < -0.3 is 9.26 Å². The summed E-state index contributed by atoms with van der Waals surface area (Å²) < 4.78 is 10.3. The number of ether oxygens (including phenoxy) is 1. The van der Waals surface area contributed by atoms with E-state index in [1.165, 1.54) is 13.2 Å². The first kappa shape index (κ1) is 17.9. The molecule has 0 aliphatic heterocycles. The number of rotatable bonds is 7. The Morgan fingerprint density at radius 1 is 1.38 bits per heavy atom. The van der Waals surface area contributed by atoms with Crippen LogP contribution in [0, 0.1) is 10.1 Å². The number of nitrogens with zero attached hydrogens (tertiary/aromatic N) is 4. The molecule has 2 rings (SSSR count). The fourth-order valence-electron chi connectivity index (χ4n) is 2.24. The highest BCUT2D eigenvalue weighted by molar-refractivity contribution is 5.48. The molecule has 0 aliphatic carbocycles. The molecule has 1 heterocycles. The van der Waals surface area contributed by atoms with Crippen LogP contribution in [0.3, 0.4) is 0 Å². The van der Waals surface area contributed by atoms with E-state index in [9.17, 15) is 10.1 Å². The van der Waals surface area contributed by atoms with Gasteiger partial charge in [-0.3, -0.25) is 15.0 Å². The Kier molecular flexibility index (Phi) is 5.50. The van der Waals surface area contributed by atoms with Gasteiger partial charge in [0, 0.05) is 18.5 Å². The molecule has 8 heteroatoms. The van der Waals surface area contributed by atoms with E-state index >= 15 is 0 Å². The molecule has 0 bridgehead atoms. The quantitative estimate of drug-likeness (QED) is 0.566. The minimum Gasteiger partial charge on any atom is -0.490 e. The van der Waals surface area contributed by atoms with Crippen molar-refractivity contribution in [2.45, 2.75) is 39.3 Å². The Morgan fingerprint density at radius 2 is 2.08 bits per heavy atom. The molecule has 0 aliphatic rings. The van der Waals surface area contributed by atoms with Crippen molar-refractivity contribution in [3.63, 3.8) is 0 Å². The van der Waals surface area contributed by atoms with Gasteiger partial charge in [-0.05, 0) is 25.6 Å². The molecular weight excluding hydrogens is 312 g/mol. The maximum absolute atomic E-state index is 11.1. The molecule has 0 spiro atoms. The van der Waals surface area contributed by atoms with E-state index in [0.717, 1.165) is 5.56 Å². The molecule has 0 amide bonds. The van der Waals surface area contributed by atoms with Crippen molar-refractivity contribution in [2.24, 2.45) is 0 Å². The number of benzene rings is 1. The zero-order valence-corrected chi connectivity index (χ0v) is 14.5. The van der Waals surface area contributed by atoms with Crippen LogP contribution in [0.4, 0.5) is 5.69 Å². The van der Waals surface area contributed by atoms with Gasteiger partial charge in [-0.25, -0.2) is 0 Å². The van der Waals surface area contributed by atoms with Gasteiger partial charge in [-0.2, -0.15) is 4.98 Å². The molecule has 1 aromatic carbocycles. The van der Waals surface area contributed by atoms with Crippen molar-refractivity contribution >= 4 is 5.69 Å². The van der Waals surface area contributed by atoms with Crippen molar-refractivity contribution in [3.05, 3.63) is 45.6 Å². The van der Waals surface area contributed by atoms with Gasteiger partial charge in [-0.1, -0.05) is 25.1 Å². The Labute approximate surface area is 140 Å². The summed E-state index contributed by atoms with van der Waals surface area (Å²) in [6.45, 7) is 6.46. The lowest BCUT2D eigenvalue weighted by molar-refractivity contribution is -0.385. The summed E-state index contributed by atoms with van der Waals surface area (Å²) in [6.07, 6.45) is 0. The Bertz CT molecular complexity index is 714. The monoisotopic (exact) mass is 334 g/mol. The second-order valence-electron chi connectivity index (χ2n) is 6.00. The summed E-state index contributed by atoms with van der Waals surface area (Å²) in [5.74, 6) is 1.65. The molecule has 8 nitrogen and oxygen atoms in total. The van der Waals surface area contributed by atoms with Gasteiger partial charge in [0.05, 0.1) is 18.1 Å². The van der Waals surface area contributed by atoms with Crippen LogP contribution >= 0.6 is 0 Å². The molecule has 0 saturated heterocycles. The molecule has 0 fully saturated rings. The third kappa shape index (κ3) is 3.88. The molecule has 24 heavy (non-hydrogen) atoms. The predicted octanol–water partition coefficient (Wildman–Crippen LogP) is 3.30. The number of hydrogen-bond acceptors (Lipinski definition) is 7. The van der Waals surface area contributed by atoms with Crippen LogP contribution in [-0.4, -0.2) is 34.1 Å². The molecular formula is C16H22N4O4. The van der Waals surface area contributed by atoms with Crippen LogP contribution in [-0.2, 0) is 6.54 Å². The van der Waals surface area contributed by atoms with E-state index in [1.807, 2.05) is 38.8 Å². The van der Waals surface area contributed by atoms with Crippen molar-refractivity contribution in [2.75, 3.05) is 14.2 Å². The largest absolute Gasteiger partial charge is 0.490 e. The van der Waals surface area contributed by atoms with Crippen molar-refractivity contribution in [1.29, 1.82) is 0 Å². The zero-order valence-electron chi connectivity index (χ0n) is 14.5. The highest BCUT2D eigenvalue weighted by atomic mass is 16.6. The molecule has 0 radical (unpaired) electrons. The number of nitro groups is 1. The van der Waals surface area contributed by atoms with Crippen molar-refractivity contribution in [3.8, 4) is 5.75 Å². The lowest BCUT2D eigenvalue weighted by Gasteiger charge is -2.21. The minimum absolute atomic E-state index is 0.0454. The number of nitro benzene ring substituents is 1. The highest BCUT2D eigenvalue weighted by Gasteiger charge is 2.21. The standard InChI is InChI=1S/C16H22N4O4/c1-10(2)15-17-16(24-18-15)11(3)19(4)9-12-6-7-14(23-5)13(8-12)20(21)22/h6-8,10-11H,9H2,1-5H3/t11-/m1/s1. The van der Waals surface area contributed by atoms with E-state index in [1.54, 1.807) is 6.07 Å². The van der Waals surface area contributed by atoms with E-state index < -0.39 is 4.92 Å². The first-order valence-corrected chi connectivity index (χ1v) is 7.68. The van der Waals surface area contributed by atoms with Gasteiger partial charge in [0.1, 0.15) is 0 Å². The van der Waals surface area contributed by atoms with Crippen LogP contribution in [0.1, 0.15) is 50.0 Å². The van der Waals surface area contributed by atoms with Crippen LogP contribution in [0.25, 0.3) is 0 Å². The lowest BCUT2D eigenvalue weighted by Crippen LogP contribution is -2.22. The molecule has 0 unspecified atom stereocenters. The topological polar surface area (TPSA) is 94.5 Å². The average Bonchev–Trinajstić information content (AvgIpc) is 3.04. The van der Waals surface area contributed by atoms with E-state index in [4.69, 9.17) is 9.26 Å². The first-order valence-electron chi connectivity index (χ1n) is 7.68. The third-order valence-corrected chi connectivity index (χ3v) is 3.86. The maximum atomic E-state index is 11.1. The number of aromatic nitrogens is 2. The predicted molar refractivity (Wildman–Crippen MR) is 87.9 cm³/mol. The SMILES string of the molecule is COc1ccc(CN(C)[C@H](C)c2nc(C(C)C)no2)cc1[N+](=O)[O-]. The summed E-state index contributed by atoms with van der Waals surface area (Å²) in [6, 6.07) is 4.83. The molecule has 1 aromatic heterocycles. The van der Waals surface area contributed by atoms with E-state index in [-0.39, 0.29) is 23.4 Å². The summed E-state index contributed by atoms with van der Waals surface area (Å²) in [5, 5.41) is 15.1. The van der Waals surface area contributed by atoms with Gasteiger partial charge in [0.2, 0.25) is 5.89 Å². The first-order chi connectivity index (χ1) is 11.3. The molecule has 1 atom stereocenters. The molecule has 0 saturated carbocycles. The van der Waals surface area contributed by atoms with Crippen molar-refractivity contribution < 1.29 is 14.2 Å². The van der Waals surface area contributed by atoms with E-state index in [0.29, 0.717) is 18.3 Å². The van der Waals surface area contributed by atoms with Crippen LogP contribution < -0.4 is 4.74 Å².